The van der Waals surface area contributed by atoms with Gasteiger partial charge >= 0.3 is 5.97 Å². The molecule has 0 radical (unpaired) electrons. The summed E-state index contributed by atoms with van der Waals surface area (Å²) in [7, 11) is 0. The molecule has 0 atom stereocenters. The monoisotopic (exact) mass is 262 g/mol. The zero-order valence-electron chi connectivity index (χ0n) is 10.9. The zero-order chi connectivity index (χ0) is 13.3. The number of rotatable bonds is 2. The first-order valence-corrected chi connectivity index (χ1v) is 6.86. The van der Waals surface area contributed by atoms with Crippen molar-refractivity contribution in [3.63, 3.8) is 0 Å². The second kappa shape index (κ2) is 4.76. The molecular formula is C15H18O4. The first-order chi connectivity index (χ1) is 9.22. The van der Waals surface area contributed by atoms with Crippen LogP contribution in [0.3, 0.4) is 0 Å². The fourth-order valence-corrected chi connectivity index (χ4v) is 3.12. The van der Waals surface area contributed by atoms with Crippen molar-refractivity contribution in [3.05, 3.63) is 23.8 Å². The molecule has 0 amide bonds. The molecule has 1 fully saturated rings. The predicted molar refractivity (Wildman–Crippen MR) is 69.8 cm³/mol. The second-order valence-corrected chi connectivity index (χ2v) is 5.31. The Kier molecular flexibility index (Phi) is 3.09. The molecule has 19 heavy (non-hydrogen) atoms. The van der Waals surface area contributed by atoms with Gasteiger partial charge in [-0.2, -0.15) is 0 Å². The molecule has 0 spiro atoms. The lowest BCUT2D eigenvalue weighted by Gasteiger charge is -2.34. The number of fused-ring (bicyclic) bond motifs is 1. The average Bonchev–Trinajstić information content (AvgIpc) is 2.47. The van der Waals surface area contributed by atoms with Crippen molar-refractivity contribution in [2.45, 2.75) is 37.5 Å². The normalized spacial score (nSPS) is 20.8. The van der Waals surface area contributed by atoms with Gasteiger partial charge in [-0.15, -0.1) is 0 Å². The minimum Gasteiger partial charge on any atom is -0.486 e. The third kappa shape index (κ3) is 2.05. The molecule has 1 N–H and O–H groups in total. The molecule has 0 saturated heterocycles. The van der Waals surface area contributed by atoms with E-state index in [0.29, 0.717) is 37.6 Å². The molecule has 1 aromatic carbocycles. The van der Waals surface area contributed by atoms with E-state index in [9.17, 15) is 9.90 Å². The zero-order valence-corrected chi connectivity index (χ0v) is 10.9. The first kappa shape index (κ1) is 12.3. The van der Waals surface area contributed by atoms with Crippen LogP contribution in [0.15, 0.2) is 18.2 Å². The van der Waals surface area contributed by atoms with Gasteiger partial charge in [0.05, 0.1) is 5.41 Å². The van der Waals surface area contributed by atoms with Crippen LogP contribution < -0.4 is 9.47 Å². The summed E-state index contributed by atoms with van der Waals surface area (Å²) in [5.74, 6) is 0.671. The van der Waals surface area contributed by atoms with E-state index in [1.54, 1.807) is 0 Å². The van der Waals surface area contributed by atoms with Gasteiger partial charge in [0.1, 0.15) is 13.2 Å². The molecule has 1 aliphatic heterocycles. The summed E-state index contributed by atoms with van der Waals surface area (Å²) < 4.78 is 11.0. The molecule has 0 aromatic heterocycles. The lowest BCUT2D eigenvalue weighted by molar-refractivity contribution is -0.145. The fraction of sp³-hybridized carbons (Fsp3) is 0.533. The largest absolute Gasteiger partial charge is 0.486 e. The minimum absolute atomic E-state index is 0.524. The van der Waals surface area contributed by atoms with Crippen LogP contribution in [0, 0.1) is 0 Å². The summed E-state index contributed by atoms with van der Waals surface area (Å²) in [6, 6.07) is 5.57. The van der Waals surface area contributed by atoms with Gasteiger partial charge in [-0.3, -0.25) is 4.79 Å². The third-order valence-electron chi connectivity index (χ3n) is 4.21. The van der Waals surface area contributed by atoms with E-state index in [1.807, 2.05) is 18.2 Å². The summed E-state index contributed by atoms with van der Waals surface area (Å²) in [6.07, 6.45) is 4.49. The van der Waals surface area contributed by atoms with Crippen molar-refractivity contribution < 1.29 is 19.4 Å². The quantitative estimate of drug-likeness (QED) is 0.890. The van der Waals surface area contributed by atoms with E-state index in [2.05, 4.69) is 0 Å². The van der Waals surface area contributed by atoms with Crippen LogP contribution in [0.4, 0.5) is 0 Å². The van der Waals surface area contributed by atoms with Gasteiger partial charge in [-0.25, -0.2) is 0 Å². The van der Waals surface area contributed by atoms with E-state index >= 15 is 0 Å². The van der Waals surface area contributed by atoms with Gasteiger partial charge < -0.3 is 14.6 Å². The maximum absolute atomic E-state index is 11.8. The van der Waals surface area contributed by atoms with Crippen LogP contribution in [-0.4, -0.2) is 24.3 Å². The molecule has 1 aliphatic carbocycles. The summed E-state index contributed by atoms with van der Waals surface area (Å²) >= 11 is 0. The van der Waals surface area contributed by atoms with Crippen molar-refractivity contribution >= 4 is 5.97 Å². The Morgan fingerprint density at radius 2 is 1.74 bits per heavy atom. The predicted octanol–water partition coefficient (Wildman–Crippen LogP) is 2.74. The highest BCUT2D eigenvalue weighted by atomic mass is 16.6. The number of hydrogen-bond acceptors (Lipinski definition) is 3. The van der Waals surface area contributed by atoms with Gasteiger partial charge in [0, 0.05) is 0 Å². The Labute approximate surface area is 112 Å². The lowest BCUT2D eigenvalue weighted by Crippen LogP contribution is -2.37. The molecule has 1 aromatic rings. The first-order valence-electron chi connectivity index (χ1n) is 6.86. The maximum atomic E-state index is 11.8. The second-order valence-electron chi connectivity index (χ2n) is 5.31. The standard InChI is InChI=1S/C15H18O4/c16-14(17)15(6-2-1-3-7-15)11-4-5-12-13(10-11)19-9-8-18-12/h4-5,10H,1-3,6-9H2,(H,16,17). The third-order valence-corrected chi connectivity index (χ3v) is 4.21. The van der Waals surface area contributed by atoms with Crippen molar-refractivity contribution in [1.29, 1.82) is 0 Å². The Bertz CT molecular complexity index is 489. The van der Waals surface area contributed by atoms with Crippen LogP contribution in [0.1, 0.15) is 37.7 Å². The van der Waals surface area contributed by atoms with Crippen LogP contribution in [0.5, 0.6) is 11.5 Å². The van der Waals surface area contributed by atoms with Crippen molar-refractivity contribution in [3.8, 4) is 11.5 Å². The highest BCUT2D eigenvalue weighted by Crippen LogP contribution is 2.43. The SMILES string of the molecule is O=C(O)C1(c2ccc3c(c2)OCCO3)CCCCC1. The van der Waals surface area contributed by atoms with Crippen LogP contribution in [0.25, 0.3) is 0 Å². The molecule has 2 aliphatic rings. The number of ether oxygens (including phenoxy) is 2. The van der Waals surface area contributed by atoms with E-state index in [1.165, 1.54) is 0 Å². The van der Waals surface area contributed by atoms with Crippen molar-refractivity contribution in [2.75, 3.05) is 13.2 Å². The van der Waals surface area contributed by atoms with E-state index < -0.39 is 11.4 Å². The van der Waals surface area contributed by atoms with Crippen LogP contribution in [0.2, 0.25) is 0 Å². The van der Waals surface area contributed by atoms with Gasteiger partial charge in [-0.1, -0.05) is 25.3 Å². The highest BCUT2D eigenvalue weighted by molar-refractivity contribution is 5.82. The molecule has 1 heterocycles. The number of hydrogen-bond donors (Lipinski definition) is 1. The van der Waals surface area contributed by atoms with Crippen LogP contribution in [-0.2, 0) is 10.2 Å². The number of carboxylic acid groups (broad SMARTS) is 1. The summed E-state index contributed by atoms with van der Waals surface area (Å²) in [6.45, 7) is 1.08. The molecule has 3 rings (SSSR count). The Hall–Kier alpha value is -1.71. The maximum Gasteiger partial charge on any atom is 0.314 e. The number of carboxylic acids is 1. The molecule has 1 saturated carbocycles. The summed E-state index contributed by atoms with van der Waals surface area (Å²) in [4.78, 5) is 11.8. The molecule has 0 unspecified atom stereocenters. The molecule has 4 heteroatoms. The topological polar surface area (TPSA) is 55.8 Å². The number of aliphatic carboxylic acids is 1. The van der Waals surface area contributed by atoms with Crippen LogP contribution >= 0.6 is 0 Å². The van der Waals surface area contributed by atoms with Gasteiger partial charge in [0.25, 0.3) is 0 Å². The fourth-order valence-electron chi connectivity index (χ4n) is 3.12. The molecule has 0 bridgehead atoms. The van der Waals surface area contributed by atoms with Crippen molar-refractivity contribution in [1.82, 2.24) is 0 Å². The summed E-state index contributed by atoms with van der Waals surface area (Å²) in [5, 5.41) is 9.67. The molecule has 102 valence electrons. The smallest absolute Gasteiger partial charge is 0.314 e. The van der Waals surface area contributed by atoms with E-state index in [4.69, 9.17) is 9.47 Å². The highest BCUT2D eigenvalue weighted by Gasteiger charge is 2.41. The Balaban J connectivity index is 2.01. The van der Waals surface area contributed by atoms with Crippen molar-refractivity contribution in [2.24, 2.45) is 0 Å². The van der Waals surface area contributed by atoms with Gasteiger partial charge in [0.15, 0.2) is 11.5 Å². The lowest BCUT2D eigenvalue weighted by atomic mass is 9.69. The minimum atomic E-state index is -0.742. The van der Waals surface area contributed by atoms with Gasteiger partial charge in [-0.05, 0) is 30.5 Å². The number of benzene rings is 1. The van der Waals surface area contributed by atoms with E-state index in [0.717, 1.165) is 24.8 Å². The molecular weight excluding hydrogens is 244 g/mol. The van der Waals surface area contributed by atoms with E-state index in [-0.39, 0.29) is 0 Å². The van der Waals surface area contributed by atoms with Gasteiger partial charge in [0.2, 0.25) is 0 Å². The Morgan fingerprint density at radius 3 is 2.42 bits per heavy atom. The summed E-state index contributed by atoms with van der Waals surface area (Å²) in [5.41, 5.74) is 0.109. The number of carbonyl (C=O) groups is 1. The molecule has 4 nitrogen and oxygen atoms in total. The average molecular weight is 262 g/mol. The Morgan fingerprint density at radius 1 is 1.05 bits per heavy atom.